The van der Waals surface area contributed by atoms with Crippen LogP contribution in [-0.4, -0.2) is 10.5 Å². The third-order valence-corrected chi connectivity index (χ3v) is 3.73. The lowest BCUT2D eigenvalue weighted by Crippen LogP contribution is -2.12. The second-order valence-corrected chi connectivity index (χ2v) is 6.24. The van der Waals surface area contributed by atoms with Gasteiger partial charge in [0.25, 0.3) is 0 Å². The van der Waals surface area contributed by atoms with Crippen LogP contribution in [0, 0.1) is 11.8 Å². The van der Waals surface area contributed by atoms with Gasteiger partial charge < -0.3 is 0 Å². The lowest BCUT2D eigenvalue weighted by atomic mass is 9.93. The van der Waals surface area contributed by atoms with Crippen LogP contribution in [0.2, 0.25) is 0 Å². The molecule has 0 saturated carbocycles. The van der Waals surface area contributed by atoms with E-state index in [0.717, 1.165) is 11.8 Å². The third-order valence-electron chi connectivity index (χ3n) is 2.45. The van der Waals surface area contributed by atoms with Crippen LogP contribution in [0.15, 0.2) is 12.7 Å². The Labute approximate surface area is 88.2 Å². The molecule has 0 aromatic carbocycles. The molecule has 0 saturated heterocycles. The molecular formula is C12H24S. The third kappa shape index (κ3) is 6.20. The van der Waals surface area contributed by atoms with Crippen molar-refractivity contribution in [3.63, 3.8) is 0 Å². The highest BCUT2D eigenvalue weighted by molar-refractivity contribution is 8.00. The van der Waals surface area contributed by atoms with Gasteiger partial charge in [0.15, 0.2) is 0 Å². The van der Waals surface area contributed by atoms with Crippen LogP contribution < -0.4 is 0 Å². The average Bonchev–Trinajstić information content (AvgIpc) is 2.02. The van der Waals surface area contributed by atoms with E-state index in [1.54, 1.807) is 0 Å². The van der Waals surface area contributed by atoms with E-state index in [-0.39, 0.29) is 0 Å². The van der Waals surface area contributed by atoms with Crippen LogP contribution in [0.25, 0.3) is 0 Å². The van der Waals surface area contributed by atoms with Crippen molar-refractivity contribution in [1.82, 2.24) is 0 Å². The van der Waals surface area contributed by atoms with Crippen molar-refractivity contribution >= 4 is 11.8 Å². The summed E-state index contributed by atoms with van der Waals surface area (Å²) < 4.78 is 0. The normalized spacial score (nSPS) is 16.2. The lowest BCUT2D eigenvalue weighted by Gasteiger charge is -2.21. The first-order valence-electron chi connectivity index (χ1n) is 5.25. The molecule has 1 heteroatoms. The van der Waals surface area contributed by atoms with Crippen molar-refractivity contribution in [2.75, 3.05) is 0 Å². The Bertz CT molecular complexity index is 138. The van der Waals surface area contributed by atoms with Crippen molar-refractivity contribution in [2.24, 2.45) is 11.8 Å². The Morgan fingerprint density at radius 2 is 1.69 bits per heavy atom. The molecule has 0 nitrogen and oxygen atoms in total. The topological polar surface area (TPSA) is 0 Å². The molecule has 78 valence electrons. The predicted molar refractivity (Wildman–Crippen MR) is 65.3 cm³/mol. The van der Waals surface area contributed by atoms with Gasteiger partial charge in [0, 0.05) is 5.25 Å². The molecular weight excluding hydrogens is 176 g/mol. The molecule has 0 fully saturated rings. The molecule has 0 radical (unpaired) electrons. The quantitative estimate of drug-likeness (QED) is 0.574. The SMILES string of the molecule is C=CC(CC(C)C(C)C)SC(C)C. The van der Waals surface area contributed by atoms with E-state index in [0.29, 0.717) is 10.5 Å². The molecule has 0 amide bonds. The summed E-state index contributed by atoms with van der Waals surface area (Å²) in [6.07, 6.45) is 3.37. The molecule has 0 spiro atoms. The molecule has 0 N–H and O–H groups in total. The van der Waals surface area contributed by atoms with Crippen molar-refractivity contribution in [1.29, 1.82) is 0 Å². The maximum absolute atomic E-state index is 3.91. The van der Waals surface area contributed by atoms with Crippen molar-refractivity contribution in [3.05, 3.63) is 12.7 Å². The molecule has 0 heterocycles. The van der Waals surface area contributed by atoms with Crippen LogP contribution in [0.1, 0.15) is 41.0 Å². The van der Waals surface area contributed by atoms with Crippen LogP contribution in [0.4, 0.5) is 0 Å². The zero-order valence-corrected chi connectivity index (χ0v) is 10.5. The minimum Gasteiger partial charge on any atom is -0.152 e. The Balaban J connectivity index is 3.90. The summed E-state index contributed by atoms with van der Waals surface area (Å²) in [6, 6.07) is 0. The smallest absolute Gasteiger partial charge is 0.0229 e. The number of thioether (sulfide) groups is 1. The molecule has 0 rings (SSSR count). The largest absolute Gasteiger partial charge is 0.152 e. The molecule has 0 aromatic heterocycles. The summed E-state index contributed by atoms with van der Waals surface area (Å²) in [6.45, 7) is 15.3. The van der Waals surface area contributed by atoms with E-state index >= 15 is 0 Å². The Kier molecular flexibility index (Phi) is 6.58. The second kappa shape index (κ2) is 6.53. The van der Waals surface area contributed by atoms with E-state index in [1.807, 2.05) is 11.8 Å². The first-order chi connectivity index (χ1) is 5.97. The van der Waals surface area contributed by atoms with Gasteiger partial charge in [-0.2, -0.15) is 11.8 Å². The fourth-order valence-corrected chi connectivity index (χ4v) is 2.42. The van der Waals surface area contributed by atoms with Crippen LogP contribution in [-0.2, 0) is 0 Å². The number of hydrogen-bond acceptors (Lipinski definition) is 1. The summed E-state index contributed by atoms with van der Waals surface area (Å²) in [5.41, 5.74) is 0. The predicted octanol–water partition coefficient (Wildman–Crippen LogP) is 4.36. The zero-order chi connectivity index (χ0) is 10.4. The van der Waals surface area contributed by atoms with Crippen molar-refractivity contribution in [3.8, 4) is 0 Å². The van der Waals surface area contributed by atoms with Gasteiger partial charge in [-0.15, -0.1) is 6.58 Å². The highest BCUT2D eigenvalue weighted by Crippen LogP contribution is 2.27. The molecule has 2 atom stereocenters. The highest BCUT2D eigenvalue weighted by Gasteiger charge is 2.14. The minimum atomic E-state index is 0.636. The molecule has 0 aliphatic carbocycles. The number of hydrogen-bond donors (Lipinski definition) is 0. The minimum absolute atomic E-state index is 0.636. The summed E-state index contributed by atoms with van der Waals surface area (Å²) in [4.78, 5) is 0. The lowest BCUT2D eigenvalue weighted by molar-refractivity contribution is 0.398. The zero-order valence-electron chi connectivity index (χ0n) is 9.71. The summed E-state index contributed by atoms with van der Waals surface area (Å²) in [5, 5.41) is 1.35. The van der Waals surface area contributed by atoms with E-state index in [4.69, 9.17) is 0 Å². The molecule has 13 heavy (non-hydrogen) atoms. The summed E-state index contributed by atoms with van der Waals surface area (Å²) >= 11 is 2.03. The molecule has 2 unspecified atom stereocenters. The van der Waals surface area contributed by atoms with Crippen molar-refractivity contribution in [2.45, 2.75) is 51.5 Å². The van der Waals surface area contributed by atoms with Crippen LogP contribution >= 0.6 is 11.8 Å². The van der Waals surface area contributed by atoms with Crippen molar-refractivity contribution < 1.29 is 0 Å². The van der Waals surface area contributed by atoms with E-state index in [9.17, 15) is 0 Å². The van der Waals surface area contributed by atoms with Gasteiger partial charge in [-0.3, -0.25) is 0 Å². The van der Waals surface area contributed by atoms with E-state index < -0.39 is 0 Å². The average molecular weight is 200 g/mol. The van der Waals surface area contributed by atoms with Gasteiger partial charge in [0.05, 0.1) is 0 Å². The van der Waals surface area contributed by atoms with Gasteiger partial charge in [-0.1, -0.05) is 40.7 Å². The fraction of sp³-hybridized carbons (Fsp3) is 0.833. The maximum Gasteiger partial charge on any atom is 0.0229 e. The summed E-state index contributed by atoms with van der Waals surface area (Å²) in [5.74, 6) is 1.59. The standard InChI is InChI=1S/C12H24S/c1-7-12(13-10(4)5)8-11(6)9(2)3/h7,9-12H,1,8H2,2-6H3. The van der Waals surface area contributed by atoms with Gasteiger partial charge in [0.1, 0.15) is 0 Å². The molecule has 0 aromatic rings. The molecule has 0 bridgehead atoms. The fourth-order valence-electron chi connectivity index (χ4n) is 1.20. The maximum atomic E-state index is 3.91. The Hall–Kier alpha value is 0.0900. The second-order valence-electron chi connectivity index (χ2n) is 4.42. The molecule has 0 aliphatic heterocycles. The van der Waals surface area contributed by atoms with E-state index in [1.165, 1.54) is 6.42 Å². The van der Waals surface area contributed by atoms with E-state index in [2.05, 4.69) is 47.3 Å². The Morgan fingerprint density at radius 1 is 1.15 bits per heavy atom. The molecule has 0 aliphatic rings. The van der Waals surface area contributed by atoms with Gasteiger partial charge in [0.2, 0.25) is 0 Å². The van der Waals surface area contributed by atoms with Gasteiger partial charge >= 0.3 is 0 Å². The summed E-state index contributed by atoms with van der Waals surface area (Å²) in [7, 11) is 0. The highest BCUT2D eigenvalue weighted by atomic mass is 32.2. The van der Waals surface area contributed by atoms with Crippen LogP contribution in [0.3, 0.4) is 0 Å². The Morgan fingerprint density at radius 3 is 2.00 bits per heavy atom. The first kappa shape index (κ1) is 13.1. The monoisotopic (exact) mass is 200 g/mol. The van der Waals surface area contributed by atoms with Gasteiger partial charge in [-0.05, 0) is 23.5 Å². The van der Waals surface area contributed by atoms with Gasteiger partial charge in [-0.25, -0.2) is 0 Å². The van der Waals surface area contributed by atoms with Crippen LogP contribution in [0.5, 0.6) is 0 Å². The number of rotatable bonds is 6. The first-order valence-corrected chi connectivity index (χ1v) is 6.19.